The van der Waals surface area contributed by atoms with Crippen molar-refractivity contribution in [3.63, 3.8) is 0 Å². The van der Waals surface area contributed by atoms with Crippen molar-refractivity contribution in [3.8, 4) is 11.1 Å². The third kappa shape index (κ3) is 1.56. The Balaban J connectivity index is 2.14. The molecule has 0 fully saturated rings. The summed E-state index contributed by atoms with van der Waals surface area (Å²) in [5, 5.41) is 18.9. The van der Waals surface area contributed by atoms with Crippen LogP contribution < -0.4 is 0 Å². The molecule has 1 atom stereocenters. The van der Waals surface area contributed by atoms with E-state index in [1.54, 1.807) is 6.20 Å². The standard InChI is InChI=1S/C14H11Cl2N3O/c15-10-2-1-9-12(7-4-17-18-5-7)11-3-8(20)6-19(11)14(9)13(10)16/h1-2,4-5,8,20H,3,6H2,(H,17,18). The molecule has 20 heavy (non-hydrogen) atoms. The monoisotopic (exact) mass is 307 g/mol. The number of halogens is 2. The number of fused-ring (bicyclic) bond motifs is 3. The van der Waals surface area contributed by atoms with Crippen molar-refractivity contribution in [2.24, 2.45) is 0 Å². The van der Waals surface area contributed by atoms with Crippen molar-refractivity contribution in [2.75, 3.05) is 0 Å². The van der Waals surface area contributed by atoms with Crippen LogP contribution >= 0.6 is 23.2 Å². The molecule has 3 aromatic rings. The highest BCUT2D eigenvalue weighted by Gasteiger charge is 2.29. The molecule has 2 N–H and O–H groups in total. The summed E-state index contributed by atoms with van der Waals surface area (Å²) in [6, 6.07) is 3.78. The van der Waals surface area contributed by atoms with Crippen molar-refractivity contribution in [2.45, 2.75) is 19.1 Å². The maximum Gasteiger partial charge on any atom is 0.0835 e. The first-order chi connectivity index (χ1) is 9.66. The van der Waals surface area contributed by atoms with Gasteiger partial charge in [-0.15, -0.1) is 0 Å². The highest BCUT2D eigenvalue weighted by molar-refractivity contribution is 6.45. The van der Waals surface area contributed by atoms with Crippen molar-refractivity contribution in [3.05, 3.63) is 40.3 Å². The molecular weight excluding hydrogens is 297 g/mol. The lowest BCUT2D eigenvalue weighted by Crippen LogP contribution is -2.07. The lowest BCUT2D eigenvalue weighted by atomic mass is 10.0. The van der Waals surface area contributed by atoms with Crippen LogP contribution in [-0.4, -0.2) is 26.0 Å². The van der Waals surface area contributed by atoms with Gasteiger partial charge in [0.1, 0.15) is 0 Å². The highest BCUT2D eigenvalue weighted by Crippen LogP contribution is 2.42. The molecule has 0 saturated heterocycles. The van der Waals surface area contributed by atoms with E-state index in [1.807, 2.05) is 18.3 Å². The molecule has 1 unspecified atom stereocenters. The summed E-state index contributed by atoms with van der Waals surface area (Å²) in [5.41, 5.74) is 4.04. The molecule has 0 aliphatic carbocycles. The van der Waals surface area contributed by atoms with Crippen LogP contribution in [0.3, 0.4) is 0 Å². The van der Waals surface area contributed by atoms with Crippen molar-refractivity contribution >= 4 is 34.1 Å². The van der Waals surface area contributed by atoms with Crippen LogP contribution in [0.15, 0.2) is 24.5 Å². The zero-order valence-electron chi connectivity index (χ0n) is 10.4. The fourth-order valence-corrected chi connectivity index (χ4v) is 3.47. The van der Waals surface area contributed by atoms with Crippen molar-refractivity contribution in [1.82, 2.24) is 14.8 Å². The van der Waals surface area contributed by atoms with E-state index in [-0.39, 0.29) is 6.10 Å². The average molecular weight is 308 g/mol. The minimum absolute atomic E-state index is 0.380. The molecule has 0 amide bonds. The normalized spacial score (nSPS) is 17.9. The van der Waals surface area contributed by atoms with E-state index in [0.29, 0.717) is 23.0 Å². The van der Waals surface area contributed by atoms with Gasteiger partial charge in [-0.05, 0) is 6.07 Å². The molecule has 0 bridgehead atoms. The largest absolute Gasteiger partial charge is 0.391 e. The minimum atomic E-state index is -0.380. The average Bonchev–Trinajstić information content (AvgIpc) is 3.08. The fourth-order valence-electron chi connectivity index (χ4n) is 3.05. The van der Waals surface area contributed by atoms with Gasteiger partial charge in [-0.3, -0.25) is 5.10 Å². The highest BCUT2D eigenvalue weighted by atomic mass is 35.5. The van der Waals surface area contributed by atoms with E-state index in [2.05, 4.69) is 14.8 Å². The number of H-pyrrole nitrogens is 1. The molecule has 1 aliphatic heterocycles. The Labute approximate surface area is 124 Å². The first-order valence-electron chi connectivity index (χ1n) is 6.33. The predicted octanol–water partition coefficient (Wildman–Crippen LogP) is 3.26. The molecule has 1 aliphatic rings. The number of hydrogen-bond acceptors (Lipinski definition) is 2. The Morgan fingerprint density at radius 2 is 2.20 bits per heavy atom. The van der Waals surface area contributed by atoms with Gasteiger partial charge in [0.15, 0.2) is 0 Å². The molecule has 2 aromatic heterocycles. The Morgan fingerprint density at radius 1 is 1.35 bits per heavy atom. The van der Waals surface area contributed by atoms with Gasteiger partial charge in [-0.1, -0.05) is 29.3 Å². The van der Waals surface area contributed by atoms with Gasteiger partial charge in [0.05, 0.1) is 27.9 Å². The summed E-state index contributed by atoms with van der Waals surface area (Å²) >= 11 is 12.5. The smallest absolute Gasteiger partial charge is 0.0835 e. The predicted molar refractivity (Wildman–Crippen MR) is 79.3 cm³/mol. The zero-order chi connectivity index (χ0) is 13.9. The molecular formula is C14H11Cl2N3O. The summed E-state index contributed by atoms with van der Waals surface area (Å²) in [6.07, 6.45) is 3.87. The third-order valence-electron chi connectivity index (χ3n) is 3.83. The topological polar surface area (TPSA) is 53.8 Å². The van der Waals surface area contributed by atoms with Gasteiger partial charge in [-0.25, -0.2) is 0 Å². The van der Waals surface area contributed by atoms with Crippen LogP contribution in [0.2, 0.25) is 10.0 Å². The van der Waals surface area contributed by atoms with Crippen molar-refractivity contribution in [1.29, 1.82) is 0 Å². The molecule has 3 heterocycles. The van der Waals surface area contributed by atoms with Crippen molar-refractivity contribution < 1.29 is 5.11 Å². The lowest BCUT2D eigenvalue weighted by molar-refractivity contribution is 0.176. The Kier molecular flexibility index (Phi) is 2.61. The van der Waals surface area contributed by atoms with Gasteiger partial charge < -0.3 is 9.67 Å². The van der Waals surface area contributed by atoms with Gasteiger partial charge in [0.25, 0.3) is 0 Å². The van der Waals surface area contributed by atoms with Crippen LogP contribution in [0, 0.1) is 0 Å². The molecule has 0 saturated carbocycles. The number of hydrogen-bond donors (Lipinski definition) is 2. The van der Waals surface area contributed by atoms with Gasteiger partial charge >= 0.3 is 0 Å². The summed E-state index contributed by atoms with van der Waals surface area (Å²) in [5.74, 6) is 0. The summed E-state index contributed by atoms with van der Waals surface area (Å²) in [4.78, 5) is 0. The van der Waals surface area contributed by atoms with Crippen LogP contribution in [0.25, 0.3) is 22.0 Å². The first-order valence-corrected chi connectivity index (χ1v) is 7.08. The van der Waals surface area contributed by atoms with Gasteiger partial charge in [0.2, 0.25) is 0 Å². The Bertz CT molecular complexity index is 808. The summed E-state index contributed by atoms with van der Waals surface area (Å²) in [7, 11) is 0. The molecule has 102 valence electrons. The van der Waals surface area contributed by atoms with E-state index in [0.717, 1.165) is 27.7 Å². The molecule has 1 aromatic carbocycles. The van der Waals surface area contributed by atoms with Crippen LogP contribution in [0.5, 0.6) is 0 Å². The number of aromatic nitrogens is 3. The maximum atomic E-state index is 9.96. The minimum Gasteiger partial charge on any atom is -0.391 e. The van der Waals surface area contributed by atoms with E-state index in [9.17, 15) is 5.11 Å². The molecule has 0 spiro atoms. The Hall–Kier alpha value is -1.49. The van der Waals surface area contributed by atoms with Gasteiger partial charge in [0, 0.05) is 41.4 Å². The second kappa shape index (κ2) is 4.25. The second-order valence-corrected chi connectivity index (χ2v) is 5.82. The molecule has 4 nitrogen and oxygen atoms in total. The first kappa shape index (κ1) is 12.3. The van der Waals surface area contributed by atoms with Crippen LogP contribution in [0.4, 0.5) is 0 Å². The number of aromatic amines is 1. The molecule has 0 radical (unpaired) electrons. The maximum absolute atomic E-state index is 9.96. The fraction of sp³-hybridized carbons (Fsp3) is 0.214. The quantitative estimate of drug-likeness (QED) is 0.725. The second-order valence-electron chi connectivity index (χ2n) is 5.03. The summed E-state index contributed by atoms with van der Waals surface area (Å²) in [6.45, 7) is 0.545. The van der Waals surface area contributed by atoms with E-state index >= 15 is 0 Å². The number of aliphatic hydroxyl groups excluding tert-OH is 1. The van der Waals surface area contributed by atoms with Crippen LogP contribution in [0.1, 0.15) is 5.69 Å². The Morgan fingerprint density at radius 3 is 2.95 bits per heavy atom. The van der Waals surface area contributed by atoms with Crippen LogP contribution in [-0.2, 0) is 13.0 Å². The lowest BCUT2D eigenvalue weighted by Gasteiger charge is -2.05. The summed E-state index contributed by atoms with van der Waals surface area (Å²) < 4.78 is 2.07. The third-order valence-corrected chi connectivity index (χ3v) is 4.63. The zero-order valence-corrected chi connectivity index (χ0v) is 11.9. The number of benzene rings is 1. The van der Waals surface area contributed by atoms with Gasteiger partial charge in [-0.2, -0.15) is 5.10 Å². The molecule has 6 heteroatoms. The molecule has 4 rings (SSSR count). The number of nitrogens with zero attached hydrogens (tertiary/aromatic N) is 2. The number of rotatable bonds is 1. The van der Waals surface area contributed by atoms with E-state index in [1.165, 1.54) is 0 Å². The number of nitrogens with one attached hydrogen (secondary N) is 1. The number of aliphatic hydroxyl groups is 1. The van der Waals surface area contributed by atoms with E-state index in [4.69, 9.17) is 23.2 Å². The SMILES string of the molecule is OC1Cc2c(-c3cn[nH]c3)c3ccc(Cl)c(Cl)c3n2C1. The van der Waals surface area contributed by atoms with E-state index < -0.39 is 0 Å².